The number of ether oxygens (including phenoxy) is 1. The highest BCUT2D eigenvalue weighted by Gasteiger charge is 2.38. The first-order valence-corrected chi connectivity index (χ1v) is 12.0. The number of fused-ring (bicyclic) bond motifs is 3. The molecule has 0 saturated heterocycles. The minimum absolute atomic E-state index is 0.105. The average Bonchev–Trinajstić information content (AvgIpc) is 3.53. The first-order chi connectivity index (χ1) is 16.5. The number of halogens is 2. The fourth-order valence-electron chi connectivity index (χ4n) is 4.58. The van der Waals surface area contributed by atoms with E-state index in [4.69, 9.17) is 9.72 Å². The molecule has 0 bridgehead atoms. The summed E-state index contributed by atoms with van der Waals surface area (Å²) in [7, 11) is 0. The lowest BCUT2D eigenvalue weighted by Gasteiger charge is -2.35. The Kier molecular flexibility index (Phi) is 5.05. The van der Waals surface area contributed by atoms with Gasteiger partial charge in [0.15, 0.2) is 12.4 Å². The highest BCUT2D eigenvalue weighted by molar-refractivity contribution is 7.16. The number of carbonyl (C=O) groups is 1. The maximum Gasteiger partial charge on any atom is 0.261 e. The maximum absolute atomic E-state index is 15.5. The molecule has 1 aromatic carbocycles. The van der Waals surface area contributed by atoms with E-state index < -0.39 is 18.6 Å². The highest BCUT2D eigenvalue weighted by atomic mass is 32.1. The van der Waals surface area contributed by atoms with Crippen LogP contribution in [0.25, 0.3) is 4.96 Å². The summed E-state index contributed by atoms with van der Waals surface area (Å²) in [4.78, 5) is 23.9. The molecule has 1 saturated carbocycles. The minimum Gasteiger partial charge on any atom is -0.479 e. The third-order valence-electron chi connectivity index (χ3n) is 6.34. The molecule has 7 nitrogen and oxygen atoms in total. The van der Waals surface area contributed by atoms with Crippen molar-refractivity contribution >= 4 is 22.2 Å². The molecule has 1 amide bonds. The van der Waals surface area contributed by atoms with Crippen LogP contribution in [0.4, 0.5) is 8.78 Å². The van der Waals surface area contributed by atoms with Crippen molar-refractivity contribution in [1.29, 1.82) is 0 Å². The van der Waals surface area contributed by atoms with E-state index >= 15 is 4.39 Å². The van der Waals surface area contributed by atoms with E-state index in [2.05, 4.69) is 10.1 Å². The Morgan fingerprint density at radius 1 is 1.26 bits per heavy atom. The second-order valence-corrected chi connectivity index (χ2v) is 9.80. The number of nitrogens with zero attached hydrogens (tertiary/aromatic N) is 5. The number of aromatic nitrogens is 4. The van der Waals surface area contributed by atoms with E-state index in [-0.39, 0.29) is 17.5 Å². The summed E-state index contributed by atoms with van der Waals surface area (Å²) in [6.45, 7) is 1.82. The van der Waals surface area contributed by atoms with Crippen LogP contribution in [0.1, 0.15) is 52.3 Å². The maximum atomic E-state index is 15.5. The lowest BCUT2D eigenvalue weighted by Crippen LogP contribution is -2.43. The molecule has 4 aromatic rings. The predicted octanol–water partition coefficient (Wildman–Crippen LogP) is 4.20. The molecule has 0 spiro atoms. The minimum atomic E-state index is -0.787. The van der Waals surface area contributed by atoms with Gasteiger partial charge >= 0.3 is 0 Å². The molecule has 2 aliphatic rings. The molecule has 6 rings (SSSR count). The van der Waals surface area contributed by atoms with Crippen LogP contribution >= 0.6 is 11.3 Å². The van der Waals surface area contributed by atoms with Gasteiger partial charge in [-0.2, -0.15) is 9.49 Å². The number of benzene rings is 1. The molecule has 1 fully saturated rings. The quantitative estimate of drug-likeness (QED) is 0.400. The fourth-order valence-corrected chi connectivity index (χ4v) is 5.35. The largest absolute Gasteiger partial charge is 0.479 e. The summed E-state index contributed by atoms with van der Waals surface area (Å²) in [5.74, 6) is -1.22. The number of pyridine rings is 1. The number of aryl methyl sites for hydroxylation is 1. The fraction of sp³-hybridized carbons (Fsp3) is 0.333. The second-order valence-electron chi connectivity index (χ2n) is 8.64. The van der Waals surface area contributed by atoms with Crippen molar-refractivity contribution in [3.63, 3.8) is 0 Å². The van der Waals surface area contributed by atoms with E-state index in [1.807, 2.05) is 13.0 Å². The van der Waals surface area contributed by atoms with E-state index in [1.54, 1.807) is 21.5 Å². The molecule has 1 aliphatic heterocycles. The molecular formula is C24H21F2N5O2S. The second kappa shape index (κ2) is 8.12. The molecule has 3 aromatic heterocycles. The monoisotopic (exact) mass is 481 g/mol. The van der Waals surface area contributed by atoms with Gasteiger partial charge in [-0.25, -0.2) is 18.9 Å². The molecule has 1 aliphatic carbocycles. The van der Waals surface area contributed by atoms with Crippen LogP contribution in [0, 0.1) is 18.7 Å². The summed E-state index contributed by atoms with van der Waals surface area (Å²) in [6.07, 6.45) is 3.96. The molecular weight excluding hydrogens is 460 g/mol. The van der Waals surface area contributed by atoms with Gasteiger partial charge in [0.1, 0.15) is 16.9 Å². The highest BCUT2D eigenvalue weighted by Crippen LogP contribution is 2.43. The van der Waals surface area contributed by atoms with Gasteiger partial charge in [-0.15, -0.1) is 0 Å². The lowest BCUT2D eigenvalue weighted by molar-refractivity contribution is -0.135. The van der Waals surface area contributed by atoms with Crippen molar-refractivity contribution in [3.05, 3.63) is 75.8 Å². The topological polar surface area (TPSA) is 72.6 Å². The molecule has 34 heavy (non-hydrogen) atoms. The molecule has 0 radical (unpaired) electrons. The summed E-state index contributed by atoms with van der Waals surface area (Å²) in [5.41, 5.74) is 2.86. The molecule has 0 N–H and O–H groups in total. The van der Waals surface area contributed by atoms with Gasteiger partial charge in [-0.3, -0.25) is 4.79 Å². The third-order valence-corrected chi connectivity index (χ3v) is 7.16. The van der Waals surface area contributed by atoms with Crippen LogP contribution in [-0.2, 0) is 11.2 Å². The van der Waals surface area contributed by atoms with Gasteiger partial charge in [-0.1, -0.05) is 23.5 Å². The number of hydrogen-bond donors (Lipinski definition) is 0. The number of rotatable bonds is 5. The van der Waals surface area contributed by atoms with Gasteiger partial charge < -0.3 is 9.64 Å². The van der Waals surface area contributed by atoms with E-state index in [1.165, 1.54) is 29.7 Å². The first-order valence-electron chi connectivity index (χ1n) is 11.2. The van der Waals surface area contributed by atoms with Crippen LogP contribution in [0.15, 0.2) is 36.5 Å². The van der Waals surface area contributed by atoms with Crippen molar-refractivity contribution in [2.45, 2.75) is 38.1 Å². The van der Waals surface area contributed by atoms with Gasteiger partial charge in [0.25, 0.3) is 11.9 Å². The van der Waals surface area contributed by atoms with E-state index in [9.17, 15) is 9.18 Å². The smallest absolute Gasteiger partial charge is 0.261 e. The summed E-state index contributed by atoms with van der Waals surface area (Å²) in [5, 5.41) is 5.40. The summed E-state index contributed by atoms with van der Waals surface area (Å²) >= 11 is 1.45. The van der Waals surface area contributed by atoms with Gasteiger partial charge in [0.05, 0.1) is 11.4 Å². The average molecular weight is 482 g/mol. The summed E-state index contributed by atoms with van der Waals surface area (Å²) in [6, 6.07) is 7.51. The SMILES string of the molecule is Cc1nn2c3c(nc2s1)CCN(C(=O)COc1cccnc1F)C3c1ccc(C2CC2)cc1F. The zero-order valence-corrected chi connectivity index (χ0v) is 19.2. The molecule has 10 heteroatoms. The zero-order chi connectivity index (χ0) is 23.4. The van der Waals surface area contributed by atoms with E-state index in [0.29, 0.717) is 35.1 Å². The number of hydrogen-bond acceptors (Lipinski definition) is 6. The first kappa shape index (κ1) is 21.2. The Labute approximate surface area is 198 Å². The number of carbonyl (C=O) groups excluding carboxylic acids is 1. The van der Waals surface area contributed by atoms with Crippen LogP contribution in [0.3, 0.4) is 0 Å². The third kappa shape index (κ3) is 3.62. The predicted molar refractivity (Wildman–Crippen MR) is 121 cm³/mol. The standard InChI is InChI=1S/C24H21F2N5O2S/c1-13-29-31-22-18(28-24(31)34-13)8-10-30(20(32)12-33-19-3-2-9-27-23(19)26)21(22)16-7-6-15(11-17(16)25)14-4-5-14/h2-3,6-7,9,11,14,21H,4-5,8,10,12H2,1H3. The summed E-state index contributed by atoms with van der Waals surface area (Å²) < 4.78 is 36.5. The Balaban J connectivity index is 1.39. The van der Waals surface area contributed by atoms with Crippen LogP contribution in [-0.4, -0.2) is 43.5 Å². The van der Waals surface area contributed by atoms with Gasteiger partial charge in [-0.05, 0) is 49.4 Å². The Morgan fingerprint density at radius 2 is 2.12 bits per heavy atom. The Hall–Kier alpha value is -3.40. The molecule has 4 heterocycles. The Morgan fingerprint density at radius 3 is 2.88 bits per heavy atom. The lowest BCUT2D eigenvalue weighted by atomic mass is 9.93. The molecule has 1 unspecified atom stereocenters. The van der Waals surface area contributed by atoms with Crippen molar-refractivity contribution in [1.82, 2.24) is 24.5 Å². The Bertz CT molecular complexity index is 1410. The van der Waals surface area contributed by atoms with Gasteiger partial charge in [0.2, 0.25) is 4.96 Å². The zero-order valence-electron chi connectivity index (χ0n) is 18.4. The number of amides is 1. The van der Waals surface area contributed by atoms with Crippen LogP contribution < -0.4 is 4.74 Å². The number of imidazole rings is 1. The van der Waals surface area contributed by atoms with Crippen LogP contribution in [0.5, 0.6) is 5.75 Å². The van der Waals surface area contributed by atoms with Crippen molar-refractivity contribution in [2.75, 3.05) is 13.2 Å². The molecule has 1 atom stereocenters. The van der Waals surface area contributed by atoms with Crippen molar-refractivity contribution in [2.24, 2.45) is 0 Å². The van der Waals surface area contributed by atoms with Crippen molar-refractivity contribution < 1.29 is 18.3 Å². The van der Waals surface area contributed by atoms with Crippen molar-refractivity contribution in [3.8, 4) is 5.75 Å². The normalized spacial score (nSPS) is 17.7. The molecule has 174 valence electrons. The van der Waals surface area contributed by atoms with Crippen LogP contribution in [0.2, 0.25) is 0 Å². The van der Waals surface area contributed by atoms with E-state index in [0.717, 1.165) is 29.1 Å². The van der Waals surface area contributed by atoms with Gasteiger partial charge in [0, 0.05) is 24.7 Å².